The minimum absolute atomic E-state index is 0.202. The average Bonchev–Trinajstić information content (AvgIpc) is 3.15. The van der Waals surface area contributed by atoms with Crippen molar-refractivity contribution in [2.75, 3.05) is 18.4 Å². The molecule has 1 amide bonds. The molecular weight excluding hydrogens is 454 g/mol. The van der Waals surface area contributed by atoms with Gasteiger partial charge >= 0.3 is 0 Å². The van der Waals surface area contributed by atoms with Crippen LogP contribution in [0.4, 0.5) is 5.13 Å². The molecule has 164 valence electrons. The molecule has 31 heavy (non-hydrogen) atoms. The van der Waals surface area contributed by atoms with Crippen LogP contribution in [0.25, 0.3) is 10.2 Å². The lowest BCUT2D eigenvalue weighted by Crippen LogP contribution is -2.42. The van der Waals surface area contributed by atoms with E-state index >= 15 is 0 Å². The van der Waals surface area contributed by atoms with E-state index in [1.54, 1.807) is 4.31 Å². The molecule has 0 aliphatic carbocycles. The van der Waals surface area contributed by atoms with E-state index in [9.17, 15) is 13.2 Å². The van der Waals surface area contributed by atoms with E-state index in [2.05, 4.69) is 24.1 Å². The van der Waals surface area contributed by atoms with Crippen LogP contribution in [0, 0.1) is 18.8 Å². The summed E-state index contributed by atoms with van der Waals surface area (Å²) in [5.74, 6) is 0.307. The first-order valence-electron chi connectivity index (χ1n) is 10.1. The lowest BCUT2D eigenvalue weighted by molar-refractivity contribution is 0.102. The van der Waals surface area contributed by atoms with Gasteiger partial charge in [-0.25, -0.2) is 13.4 Å². The molecule has 2 aromatic carbocycles. The quantitative estimate of drug-likeness (QED) is 0.561. The monoisotopic (exact) mass is 477 g/mol. The fourth-order valence-electron chi connectivity index (χ4n) is 4.05. The standard InChI is InChI=1S/C22H24ClN3O3S2/c1-13-10-14(2)12-26(11-13)31(28,29)17-7-5-16(6-8-17)21(27)25-22-24-19-15(3)4-9-18(23)20(19)30-22/h4-9,13-14H,10-12H2,1-3H3,(H,24,25,27)/t13-,14+. The van der Waals surface area contributed by atoms with E-state index in [1.807, 2.05) is 19.1 Å². The van der Waals surface area contributed by atoms with Gasteiger partial charge in [0.05, 0.1) is 20.1 Å². The molecule has 4 rings (SSSR count). The number of halogens is 1. The molecule has 0 spiro atoms. The zero-order valence-electron chi connectivity index (χ0n) is 17.6. The minimum Gasteiger partial charge on any atom is -0.298 e. The van der Waals surface area contributed by atoms with Crippen molar-refractivity contribution in [1.29, 1.82) is 0 Å². The second kappa shape index (κ2) is 8.50. The van der Waals surface area contributed by atoms with Crippen LogP contribution in [0.15, 0.2) is 41.3 Å². The highest BCUT2D eigenvalue weighted by molar-refractivity contribution is 7.89. The smallest absolute Gasteiger partial charge is 0.257 e. The molecule has 9 heteroatoms. The van der Waals surface area contributed by atoms with Gasteiger partial charge in [0, 0.05) is 18.7 Å². The molecule has 0 bridgehead atoms. The Kier molecular flexibility index (Phi) is 6.09. The predicted molar refractivity (Wildman–Crippen MR) is 125 cm³/mol. The summed E-state index contributed by atoms with van der Waals surface area (Å²) in [5, 5.41) is 3.83. The number of aromatic nitrogens is 1. The van der Waals surface area contributed by atoms with Gasteiger partial charge in [-0.1, -0.05) is 42.9 Å². The van der Waals surface area contributed by atoms with Crippen LogP contribution >= 0.6 is 22.9 Å². The second-order valence-corrected chi connectivity index (χ2v) is 11.7. The molecule has 1 saturated heterocycles. The molecule has 3 aromatic rings. The first kappa shape index (κ1) is 22.2. The van der Waals surface area contributed by atoms with Gasteiger partial charge < -0.3 is 0 Å². The topological polar surface area (TPSA) is 79.4 Å². The number of nitrogens with zero attached hydrogens (tertiary/aromatic N) is 2. The number of amides is 1. The Bertz CT molecular complexity index is 1190. The van der Waals surface area contributed by atoms with Gasteiger partial charge in [-0.15, -0.1) is 0 Å². The van der Waals surface area contributed by atoms with Crippen molar-refractivity contribution in [2.24, 2.45) is 11.8 Å². The zero-order valence-corrected chi connectivity index (χ0v) is 19.9. The second-order valence-electron chi connectivity index (χ2n) is 8.31. The van der Waals surface area contributed by atoms with Crippen molar-refractivity contribution in [3.63, 3.8) is 0 Å². The van der Waals surface area contributed by atoms with Gasteiger partial charge in [-0.05, 0) is 61.1 Å². The largest absolute Gasteiger partial charge is 0.298 e. The first-order chi connectivity index (χ1) is 14.6. The summed E-state index contributed by atoms with van der Waals surface area (Å²) in [6, 6.07) is 9.75. The zero-order chi connectivity index (χ0) is 22.3. The first-order valence-corrected chi connectivity index (χ1v) is 12.8. The number of hydrogen-bond donors (Lipinski definition) is 1. The third-order valence-corrected chi connectivity index (χ3v) is 8.78. The molecule has 1 aliphatic heterocycles. The summed E-state index contributed by atoms with van der Waals surface area (Å²) >= 11 is 7.54. The summed E-state index contributed by atoms with van der Waals surface area (Å²) in [6.45, 7) is 7.13. The molecule has 2 atom stereocenters. The van der Waals surface area contributed by atoms with E-state index in [1.165, 1.54) is 35.6 Å². The number of piperidine rings is 1. The molecule has 6 nitrogen and oxygen atoms in total. The van der Waals surface area contributed by atoms with Crippen molar-refractivity contribution >= 4 is 54.2 Å². The number of hydrogen-bond acceptors (Lipinski definition) is 5. The summed E-state index contributed by atoms with van der Waals surface area (Å²) in [6.07, 6.45) is 1.03. The Morgan fingerprint density at radius 3 is 2.39 bits per heavy atom. The number of rotatable bonds is 4. The Balaban J connectivity index is 1.52. The summed E-state index contributed by atoms with van der Waals surface area (Å²) < 4.78 is 28.4. The van der Waals surface area contributed by atoms with Gasteiger partial charge in [0.1, 0.15) is 0 Å². The van der Waals surface area contributed by atoms with Crippen molar-refractivity contribution in [1.82, 2.24) is 9.29 Å². The fraction of sp³-hybridized carbons (Fsp3) is 0.364. The van der Waals surface area contributed by atoms with Crippen LogP contribution in [0.1, 0.15) is 36.2 Å². The summed E-state index contributed by atoms with van der Waals surface area (Å²) in [7, 11) is -3.58. The maximum absolute atomic E-state index is 13.0. The third kappa shape index (κ3) is 4.48. The Labute approximate surface area is 191 Å². The average molecular weight is 478 g/mol. The molecule has 1 fully saturated rings. The summed E-state index contributed by atoms with van der Waals surface area (Å²) in [4.78, 5) is 17.3. The van der Waals surface area contributed by atoms with Crippen LogP contribution in [-0.4, -0.2) is 36.7 Å². The van der Waals surface area contributed by atoms with Gasteiger partial charge in [-0.3, -0.25) is 10.1 Å². The Hall–Kier alpha value is -2.00. The van der Waals surface area contributed by atoms with Crippen molar-refractivity contribution in [2.45, 2.75) is 32.1 Å². The maximum atomic E-state index is 13.0. The number of thiazole rings is 1. The van der Waals surface area contributed by atoms with E-state index in [0.717, 1.165) is 22.2 Å². The van der Waals surface area contributed by atoms with E-state index in [-0.39, 0.29) is 10.8 Å². The number of nitrogens with one attached hydrogen (secondary N) is 1. The van der Waals surface area contributed by atoms with Gasteiger partial charge in [0.25, 0.3) is 5.91 Å². The minimum atomic E-state index is -3.58. The van der Waals surface area contributed by atoms with Crippen LogP contribution in [0.3, 0.4) is 0 Å². The van der Waals surface area contributed by atoms with E-state index < -0.39 is 10.0 Å². The van der Waals surface area contributed by atoms with Crippen molar-refractivity contribution in [3.05, 3.63) is 52.5 Å². The molecule has 2 heterocycles. The number of aryl methyl sites for hydroxylation is 1. The third-order valence-electron chi connectivity index (χ3n) is 5.51. The van der Waals surface area contributed by atoms with Gasteiger partial charge in [-0.2, -0.15) is 4.31 Å². The number of carbonyl (C=O) groups excluding carboxylic acids is 1. The Morgan fingerprint density at radius 1 is 1.13 bits per heavy atom. The normalized spacial score (nSPS) is 20.1. The van der Waals surface area contributed by atoms with E-state index in [0.29, 0.717) is 40.6 Å². The number of fused-ring (bicyclic) bond motifs is 1. The van der Waals surface area contributed by atoms with Crippen LogP contribution in [0.5, 0.6) is 0 Å². The van der Waals surface area contributed by atoms with Gasteiger partial charge in [0.2, 0.25) is 10.0 Å². The summed E-state index contributed by atoms with van der Waals surface area (Å²) in [5.41, 5.74) is 2.10. The highest BCUT2D eigenvalue weighted by atomic mass is 35.5. The Morgan fingerprint density at radius 2 is 1.77 bits per heavy atom. The van der Waals surface area contributed by atoms with Crippen LogP contribution in [0.2, 0.25) is 5.02 Å². The van der Waals surface area contributed by atoms with Gasteiger partial charge in [0.15, 0.2) is 5.13 Å². The SMILES string of the molecule is Cc1ccc(Cl)c2sc(NC(=O)c3ccc(S(=O)(=O)N4C[C@H](C)C[C@H](C)C4)cc3)nc12. The molecule has 0 unspecified atom stereocenters. The number of benzene rings is 2. The number of carbonyl (C=O) groups is 1. The molecule has 0 saturated carbocycles. The predicted octanol–water partition coefficient (Wildman–Crippen LogP) is 5.18. The van der Waals surface area contributed by atoms with Crippen molar-refractivity contribution in [3.8, 4) is 0 Å². The maximum Gasteiger partial charge on any atom is 0.257 e. The van der Waals surface area contributed by atoms with Crippen molar-refractivity contribution < 1.29 is 13.2 Å². The molecule has 1 aliphatic rings. The fourth-order valence-corrected chi connectivity index (χ4v) is 6.94. The highest BCUT2D eigenvalue weighted by Gasteiger charge is 2.31. The van der Waals surface area contributed by atoms with Crippen LogP contribution in [-0.2, 0) is 10.0 Å². The molecule has 0 radical (unpaired) electrons. The molecule has 1 N–H and O–H groups in total. The molecular formula is C22H24ClN3O3S2. The highest BCUT2D eigenvalue weighted by Crippen LogP contribution is 2.34. The number of sulfonamides is 1. The lowest BCUT2D eigenvalue weighted by atomic mass is 9.94. The number of anilines is 1. The molecule has 1 aromatic heterocycles. The lowest BCUT2D eigenvalue weighted by Gasteiger charge is -2.34. The van der Waals surface area contributed by atoms with Crippen LogP contribution < -0.4 is 5.32 Å². The van der Waals surface area contributed by atoms with E-state index in [4.69, 9.17) is 11.6 Å².